The topological polar surface area (TPSA) is 56.1 Å². The number of carbonyl (C=O) groups is 1. The summed E-state index contributed by atoms with van der Waals surface area (Å²) in [5, 5.41) is 2.96. The van der Waals surface area contributed by atoms with Crippen LogP contribution in [-0.4, -0.2) is 29.1 Å². The van der Waals surface area contributed by atoms with Crippen LogP contribution < -0.4 is 10.1 Å². The third-order valence-electron chi connectivity index (χ3n) is 4.23. The van der Waals surface area contributed by atoms with E-state index >= 15 is 0 Å². The number of imidazole rings is 1. The lowest BCUT2D eigenvalue weighted by Crippen LogP contribution is -2.25. The number of hydrogen-bond acceptors (Lipinski definition) is 3. The van der Waals surface area contributed by atoms with Gasteiger partial charge in [-0.25, -0.2) is 4.98 Å². The van der Waals surface area contributed by atoms with Crippen LogP contribution in [0.5, 0.6) is 5.75 Å². The summed E-state index contributed by atoms with van der Waals surface area (Å²) in [4.78, 5) is 16.8. The fourth-order valence-electron chi connectivity index (χ4n) is 2.83. The molecule has 0 aliphatic heterocycles. The third kappa shape index (κ3) is 3.82. The summed E-state index contributed by atoms with van der Waals surface area (Å²) in [6.45, 7) is 4.80. The van der Waals surface area contributed by atoms with Crippen molar-refractivity contribution in [1.82, 2.24) is 14.9 Å². The van der Waals surface area contributed by atoms with Crippen molar-refractivity contribution >= 4 is 16.9 Å². The van der Waals surface area contributed by atoms with Gasteiger partial charge in [-0.3, -0.25) is 4.79 Å². The second kappa shape index (κ2) is 7.38. The Hall–Kier alpha value is -2.82. The van der Waals surface area contributed by atoms with Crippen molar-refractivity contribution in [2.24, 2.45) is 0 Å². The molecule has 5 nitrogen and oxygen atoms in total. The minimum absolute atomic E-state index is 0.0797. The van der Waals surface area contributed by atoms with Crippen LogP contribution in [0.4, 0.5) is 0 Å². The Labute approximate surface area is 147 Å². The maximum absolute atomic E-state index is 12.4. The van der Waals surface area contributed by atoms with E-state index in [2.05, 4.69) is 28.7 Å². The summed E-state index contributed by atoms with van der Waals surface area (Å²) in [5.74, 6) is 0.749. The summed E-state index contributed by atoms with van der Waals surface area (Å²) in [7, 11) is 1.65. The molecule has 25 heavy (non-hydrogen) atoms. The second-order valence-corrected chi connectivity index (χ2v) is 6.31. The SMILES string of the molecule is COc1cccc(CCNC(=O)c2ccc3c(c2)ncn3C(C)C)c1. The average molecular weight is 337 g/mol. The molecule has 0 aliphatic rings. The zero-order valence-electron chi connectivity index (χ0n) is 14.8. The van der Waals surface area contributed by atoms with Crippen LogP contribution in [0, 0.1) is 0 Å². The molecule has 130 valence electrons. The molecule has 1 N–H and O–H groups in total. The molecule has 0 atom stereocenters. The van der Waals surface area contributed by atoms with E-state index in [0.717, 1.165) is 28.8 Å². The van der Waals surface area contributed by atoms with E-state index in [-0.39, 0.29) is 5.91 Å². The van der Waals surface area contributed by atoms with Gasteiger partial charge in [0, 0.05) is 18.2 Å². The van der Waals surface area contributed by atoms with E-state index in [1.165, 1.54) is 0 Å². The number of amides is 1. The minimum atomic E-state index is -0.0797. The van der Waals surface area contributed by atoms with Crippen LogP contribution in [0.1, 0.15) is 35.8 Å². The van der Waals surface area contributed by atoms with Gasteiger partial charge in [0.2, 0.25) is 0 Å². The lowest BCUT2D eigenvalue weighted by atomic mass is 10.1. The van der Waals surface area contributed by atoms with Gasteiger partial charge in [-0.1, -0.05) is 12.1 Å². The van der Waals surface area contributed by atoms with Gasteiger partial charge < -0.3 is 14.6 Å². The Kier molecular flexibility index (Phi) is 5.03. The summed E-state index contributed by atoms with van der Waals surface area (Å²) < 4.78 is 7.31. The largest absolute Gasteiger partial charge is 0.497 e. The normalized spacial score (nSPS) is 11.0. The molecular weight excluding hydrogens is 314 g/mol. The highest BCUT2D eigenvalue weighted by molar-refractivity contribution is 5.97. The van der Waals surface area contributed by atoms with E-state index in [1.54, 1.807) is 7.11 Å². The number of nitrogens with zero attached hydrogens (tertiary/aromatic N) is 2. The highest BCUT2D eigenvalue weighted by Crippen LogP contribution is 2.19. The number of rotatable bonds is 6. The molecule has 0 unspecified atom stereocenters. The maximum atomic E-state index is 12.4. The van der Waals surface area contributed by atoms with E-state index in [9.17, 15) is 4.79 Å². The smallest absolute Gasteiger partial charge is 0.251 e. The van der Waals surface area contributed by atoms with Crippen molar-refractivity contribution in [3.63, 3.8) is 0 Å². The molecule has 0 bridgehead atoms. The predicted molar refractivity (Wildman–Crippen MR) is 99.1 cm³/mol. The second-order valence-electron chi connectivity index (χ2n) is 6.31. The number of methoxy groups -OCH3 is 1. The third-order valence-corrected chi connectivity index (χ3v) is 4.23. The van der Waals surface area contributed by atoms with Gasteiger partial charge in [0.1, 0.15) is 5.75 Å². The van der Waals surface area contributed by atoms with Gasteiger partial charge in [0.15, 0.2) is 0 Å². The lowest BCUT2D eigenvalue weighted by molar-refractivity contribution is 0.0954. The van der Waals surface area contributed by atoms with Crippen molar-refractivity contribution in [1.29, 1.82) is 0 Å². The first-order valence-corrected chi connectivity index (χ1v) is 8.46. The van der Waals surface area contributed by atoms with Gasteiger partial charge in [0.05, 0.1) is 24.5 Å². The van der Waals surface area contributed by atoms with Gasteiger partial charge in [0.25, 0.3) is 5.91 Å². The first kappa shape index (κ1) is 17.0. The van der Waals surface area contributed by atoms with Crippen LogP contribution >= 0.6 is 0 Å². The minimum Gasteiger partial charge on any atom is -0.497 e. The highest BCUT2D eigenvalue weighted by Gasteiger charge is 2.10. The number of carbonyl (C=O) groups excluding carboxylic acids is 1. The van der Waals surface area contributed by atoms with E-state index in [4.69, 9.17) is 4.74 Å². The highest BCUT2D eigenvalue weighted by atomic mass is 16.5. The van der Waals surface area contributed by atoms with Crippen LogP contribution in [0.25, 0.3) is 11.0 Å². The van der Waals surface area contributed by atoms with Crippen molar-refractivity contribution in [3.05, 3.63) is 59.9 Å². The predicted octanol–water partition coefficient (Wildman–Crippen LogP) is 3.60. The first-order valence-electron chi connectivity index (χ1n) is 8.46. The van der Waals surface area contributed by atoms with E-state index < -0.39 is 0 Å². The number of nitrogens with one attached hydrogen (secondary N) is 1. The molecule has 5 heteroatoms. The monoisotopic (exact) mass is 337 g/mol. The Bertz CT molecular complexity index is 884. The fraction of sp³-hybridized carbons (Fsp3) is 0.300. The molecule has 1 amide bonds. The summed E-state index contributed by atoms with van der Waals surface area (Å²) in [6, 6.07) is 13.9. The van der Waals surface area contributed by atoms with Gasteiger partial charge in [-0.2, -0.15) is 0 Å². The Balaban J connectivity index is 1.64. The van der Waals surface area contributed by atoms with Crippen molar-refractivity contribution in [2.75, 3.05) is 13.7 Å². The summed E-state index contributed by atoms with van der Waals surface area (Å²) in [5.41, 5.74) is 3.65. The zero-order valence-corrected chi connectivity index (χ0v) is 14.8. The molecule has 1 aromatic heterocycles. The molecule has 0 spiro atoms. The Morgan fingerprint density at radius 2 is 2.08 bits per heavy atom. The molecule has 0 saturated heterocycles. The standard InChI is InChI=1S/C20H23N3O2/c1-14(2)23-13-22-18-12-16(7-8-19(18)23)20(24)21-10-9-15-5-4-6-17(11-15)25-3/h4-8,11-14H,9-10H2,1-3H3,(H,21,24). The van der Waals surface area contributed by atoms with Crippen molar-refractivity contribution < 1.29 is 9.53 Å². The molecular formula is C20H23N3O2. The Morgan fingerprint density at radius 3 is 2.84 bits per heavy atom. The number of aromatic nitrogens is 2. The van der Waals surface area contributed by atoms with Crippen LogP contribution in [0.2, 0.25) is 0 Å². The number of fused-ring (bicyclic) bond motifs is 1. The van der Waals surface area contributed by atoms with Gasteiger partial charge in [-0.15, -0.1) is 0 Å². The van der Waals surface area contributed by atoms with Gasteiger partial charge in [-0.05, 0) is 56.2 Å². The van der Waals surface area contributed by atoms with Crippen LogP contribution in [0.3, 0.4) is 0 Å². The number of benzene rings is 2. The molecule has 1 heterocycles. The molecule has 2 aromatic carbocycles. The molecule has 3 rings (SSSR count). The van der Waals surface area contributed by atoms with Gasteiger partial charge >= 0.3 is 0 Å². The Morgan fingerprint density at radius 1 is 1.24 bits per heavy atom. The summed E-state index contributed by atoms with van der Waals surface area (Å²) in [6.07, 6.45) is 2.58. The molecule has 0 radical (unpaired) electrons. The average Bonchev–Trinajstić information content (AvgIpc) is 3.05. The molecule has 0 aliphatic carbocycles. The van der Waals surface area contributed by atoms with Crippen molar-refractivity contribution in [2.45, 2.75) is 26.3 Å². The summed E-state index contributed by atoms with van der Waals surface area (Å²) >= 11 is 0. The quantitative estimate of drug-likeness (QED) is 0.748. The fourth-order valence-corrected chi connectivity index (χ4v) is 2.83. The van der Waals surface area contributed by atoms with E-state index in [0.29, 0.717) is 18.2 Å². The van der Waals surface area contributed by atoms with Crippen LogP contribution in [0.15, 0.2) is 48.8 Å². The van der Waals surface area contributed by atoms with Crippen LogP contribution in [-0.2, 0) is 6.42 Å². The van der Waals surface area contributed by atoms with E-state index in [1.807, 2.05) is 48.8 Å². The molecule has 0 saturated carbocycles. The molecule has 0 fully saturated rings. The number of ether oxygens (including phenoxy) is 1. The van der Waals surface area contributed by atoms with Crippen molar-refractivity contribution in [3.8, 4) is 5.75 Å². The lowest BCUT2D eigenvalue weighted by Gasteiger charge is -2.09. The number of hydrogen-bond donors (Lipinski definition) is 1. The maximum Gasteiger partial charge on any atom is 0.251 e. The molecule has 3 aromatic rings. The zero-order chi connectivity index (χ0) is 17.8. The first-order chi connectivity index (χ1) is 12.1.